The fraction of sp³-hybridized carbons (Fsp3) is 0.474. The molecule has 1 aromatic heterocycles. The number of rotatable bonds is 5. The molecule has 1 aliphatic rings. The maximum absolute atomic E-state index is 12.2. The molecule has 0 bridgehead atoms. The van der Waals surface area contributed by atoms with Crippen LogP contribution in [0.25, 0.3) is 0 Å². The summed E-state index contributed by atoms with van der Waals surface area (Å²) in [5.41, 5.74) is 1.85. The molecule has 2 heterocycles. The fourth-order valence-electron chi connectivity index (χ4n) is 2.97. The molecular formula is C19H27N7O. The molecule has 3 rings (SSSR count). The van der Waals surface area contributed by atoms with Gasteiger partial charge in [0.2, 0.25) is 11.9 Å². The Morgan fingerprint density at radius 1 is 1.15 bits per heavy atom. The van der Waals surface area contributed by atoms with E-state index in [2.05, 4.69) is 30.5 Å². The number of benzene rings is 1. The molecule has 1 fully saturated rings. The average Bonchev–Trinajstić information content (AvgIpc) is 2.67. The topological polar surface area (TPSA) is 86.3 Å². The van der Waals surface area contributed by atoms with Crippen LogP contribution >= 0.6 is 0 Å². The summed E-state index contributed by atoms with van der Waals surface area (Å²) in [6, 6.07) is 7.38. The normalized spacial score (nSPS) is 14.0. The van der Waals surface area contributed by atoms with Crippen molar-refractivity contribution in [1.29, 1.82) is 0 Å². The second kappa shape index (κ2) is 8.66. The number of carbonyl (C=O) groups is 1. The molecule has 0 unspecified atom stereocenters. The van der Waals surface area contributed by atoms with Gasteiger partial charge in [-0.1, -0.05) is 12.1 Å². The van der Waals surface area contributed by atoms with Crippen molar-refractivity contribution < 1.29 is 4.79 Å². The number of amides is 2. The Morgan fingerprint density at radius 2 is 1.93 bits per heavy atom. The molecule has 1 saturated heterocycles. The van der Waals surface area contributed by atoms with Crippen LogP contribution in [0.5, 0.6) is 0 Å². The van der Waals surface area contributed by atoms with Gasteiger partial charge in [0.05, 0.1) is 6.54 Å². The molecule has 0 radical (unpaired) electrons. The molecular weight excluding hydrogens is 342 g/mol. The van der Waals surface area contributed by atoms with Crippen molar-refractivity contribution in [2.24, 2.45) is 0 Å². The van der Waals surface area contributed by atoms with Gasteiger partial charge in [-0.15, -0.1) is 0 Å². The van der Waals surface area contributed by atoms with Gasteiger partial charge in [0.15, 0.2) is 5.82 Å². The van der Waals surface area contributed by atoms with E-state index in [4.69, 9.17) is 0 Å². The van der Waals surface area contributed by atoms with Gasteiger partial charge in [0, 0.05) is 32.9 Å². The highest BCUT2D eigenvalue weighted by atomic mass is 16.2. The Kier molecular flexibility index (Phi) is 6.05. The Morgan fingerprint density at radius 3 is 2.63 bits per heavy atom. The lowest BCUT2D eigenvalue weighted by molar-refractivity contribution is 0.251. The third-order valence-corrected chi connectivity index (χ3v) is 4.38. The largest absolute Gasteiger partial charge is 0.347 e. The molecule has 2 aromatic rings. The molecule has 0 spiro atoms. The van der Waals surface area contributed by atoms with E-state index in [0.29, 0.717) is 17.7 Å². The summed E-state index contributed by atoms with van der Waals surface area (Å²) in [5, 5.41) is 5.65. The Balaban J connectivity index is 1.67. The molecule has 2 N–H and O–H groups in total. The van der Waals surface area contributed by atoms with E-state index in [1.54, 1.807) is 0 Å². The number of anilines is 3. The first-order valence-corrected chi connectivity index (χ1v) is 9.30. The minimum absolute atomic E-state index is 0.238. The number of urea groups is 1. The lowest BCUT2D eigenvalue weighted by atomic mass is 10.1. The van der Waals surface area contributed by atoms with Gasteiger partial charge in [0.25, 0.3) is 0 Å². The molecule has 27 heavy (non-hydrogen) atoms. The summed E-state index contributed by atoms with van der Waals surface area (Å²) in [6.07, 6.45) is 3.54. The van der Waals surface area contributed by atoms with Gasteiger partial charge >= 0.3 is 6.03 Å². The number of nitrogens with zero attached hydrogens (tertiary/aromatic N) is 5. The third-order valence-electron chi connectivity index (χ3n) is 4.38. The lowest BCUT2D eigenvalue weighted by Gasteiger charge is -2.27. The van der Waals surface area contributed by atoms with E-state index in [1.165, 1.54) is 6.42 Å². The number of aryl methyl sites for hydroxylation is 1. The highest BCUT2D eigenvalue weighted by Gasteiger charge is 2.17. The Labute approximate surface area is 160 Å². The van der Waals surface area contributed by atoms with Gasteiger partial charge in [0.1, 0.15) is 0 Å². The van der Waals surface area contributed by atoms with E-state index >= 15 is 0 Å². The van der Waals surface area contributed by atoms with Crippen LogP contribution in [-0.4, -0.2) is 48.2 Å². The summed E-state index contributed by atoms with van der Waals surface area (Å²) >= 11 is 0. The summed E-state index contributed by atoms with van der Waals surface area (Å²) in [4.78, 5) is 29.8. The van der Waals surface area contributed by atoms with Crippen LogP contribution in [0.4, 0.5) is 22.4 Å². The van der Waals surface area contributed by atoms with E-state index in [1.807, 2.05) is 50.2 Å². The van der Waals surface area contributed by atoms with Crippen LogP contribution in [0.2, 0.25) is 0 Å². The molecule has 0 aliphatic carbocycles. The van der Waals surface area contributed by atoms with Crippen LogP contribution in [0.15, 0.2) is 24.3 Å². The van der Waals surface area contributed by atoms with E-state index in [0.717, 1.165) is 37.2 Å². The minimum Gasteiger partial charge on any atom is -0.347 e. The number of nitrogens with one attached hydrogen (secondary N) is 2. The lowest BCUT2D eigenvalue weighted by Crippen LogP contribution is -2.33. The highest BCUT2D eigenvalue weighted by molar-refractivity contribution is 5.89. The van der Waals surface area contributed by atoms with Gasteiger partial charge in [-0.3, -0.25) is 0 Å². The maximum atomic E-state index is 12.2. The van der Waals surface area contributed by atoms with E-state index < -0.39 is 0 Å². The van der Waals surface area contributed by atoms with Crippen LogP contribution in [0.1, 0.15) is 30.7 Å². The Hall–Kier alpha value is -2.90. The number of hydrogen-bond acceptors (Lipinski definition) is 6. The third kappa shape index (κ3) is 5.29. The average molecular weight is 369 g/mol. The van der Waals surface area contributed by atoms with Crippen molar-refractivity contribution in [3.63, 3.8) is 0 Å². The zero-order valence-electron chi connectivity index (χ0n) is 16.2. The summed E-state index contributed by atoms with van der Waals surface area (Å²) in [7, 11) is 3.80. The molecule has 1 aliphatic heterocycles. The molecule has 144 valence electrons. The first-order valence-electron chi connectivity index (χ1n) is 9.30. The highest BCUT2D eigenvalue weighted by Crippen LogP contribution is 2.18. The predicted octanol–water partition coefficient (Wildman–Crippen LogP) is 2.56. The molecule has 2 amide bonds. The summed E-state index contributed by atoms with van der Waals surface area (Å²) < 4.78 is 0. The first-order chi connectivity index (χ1) is 13.0. The maximum Gasteiger partial charge on any atom is 0.319 e. The summed E-state index contributed by atoms with van der Waals surface area (Å²) in [5.74, 6) is 1.83. The van der Waals surface area contributed by atoms with Crippen LogP contribution < -0.4 is 20.4 Å². The minimum atomic E-state index is -0.285. The van der Waals surface area contributed by atoms with E-state index in [-0.39, 0.29) is 12.6 Å². The number of aromatic nitrogens is 3. The molecule has 8 nitrogen and oxygen atoms in total. The monoisotopic (exact) mass is 369 g/mol. The molecule has 8 heteroatoms. The van der Waals surface area contributed by atoms with Gasteiger partial charge in [-0.05, 0) is 43.9 Å². The predicted molar refractivity (Wildman–Crippen MR) is 107 cm³/mol. The Bertz CT molecular complexity index is 787. The quantitative estimate of drug-likeness (QED) is 0.842. The van der Waals surface area contributed by atoms with Crippen molar-refractivity contribution in [3.05, 3.63) is 35.7 Å². The number of hydrogen-bond donors (Lipinski definition) is 2. The number of piperidine rings is 1. The van der Waals surface area contributed by atoms with Crippen molar-refractivity contribution in [2.75, 3.05) is 42.3 Å². The van der Waals surface area contributed by atoms with Crippen molar-refractivity contribution in [1.82, 2.24) is 20.3 Å². The van der Waals surface area contributed by atoms with Gasteiger partial charge in [-0.25, -0.2) is 4.79 Å². The van der Waals surface area contributed by atoms with Crippen LogP contribution in [0, 0.1) is 6.92 Å². The second-order valence-corrected chi connectivity index (χ2v) is 6.97. The van der Waals surface area contributed by atoms with E-state index in [9.17, 15) is 4.79 Å². The van der Waals surface area contributed by atoms with Gasteiger partial charge in [-0.2, -0.15) is 15.0 Å². The summed E-state index contributed by atoms with van der Waals surface area (Å²) in [6.45, 7) is 4.13. The van der Waals surface area contributed by atoms with Crippen LogP contribution in [-0.2, 0) is 6.54 Å². The molecule has 0 saturated carbocycles. The smallest absolute Gasteiger partial charge is 0.319 e. The van der Waals surface area contributed by atoms with Crippen LogP contribution in [0.3, 0.4) is 0 Å². The SMILES string of the molecule is Cc1cccc(NC(=O)NCc2nc(N(C)C)nc(N3CCCCC3)n2)c1. The zero-order chi connectivity index (χ0) is 19.2. The first kappa shape index (κ1) is 18.9. The standard InChI is InChI=1S/C19H27N7O/c1-14-8-7-9-15(12-14)21-19(27)20-13-16-22-17(25(2)3)24-18(23-16)26-10-5-4-6-11-26/h7-9,12H,4-6,10-11,13H2,1-3H3,(H2,20,21,27). The van der Waals surface area contributed by atoms with Crippen molar-refractivity contribution in [3.8, 4) is 0 Å². The van der Waals surface area contributed by atoms with Gasteiger partial charge < -0.3 is 20.4 Å². The second-order valence-electron chi connectivity index (χ2n) is 6.97. The fourth-order valence-corrected chi connectivity index (χ4v) is 2.97. The van der Waals surface area contributed by atoms with Crippen molar-refractivity contribution >= 4 is 23.6 Å². The number of carbonyl (C=O) groups excluding carboxylic acids is 1. The zero-order valence-corrected chi connectivity index (χ0v) is 16.2. The molecule has 1 aromatic carbocycles. The molecule has 0 atom stereocenters. The van der Waals surface area contributed by atoms with Crippen molar-refractivity contribution in [2.45, 2.75) is 32.7 Å².